The van der Waals surface area contributed by atoms with Gasteiger partial charge < -0.3 is 25.2 Å². The van der Waals surface area contributed by atoms with Crippen molar-refractivity contribution in [3.63, 3.8) is 0 Å². The van der Waals surface area contributed by atoms with Crippen LogP contribution in [0.2, 0.25) is 0 Å². The second-order valence-corrected chi connectivity index (χ2v) is 8.68. The van der Waals surface area contributed by atoms with Crippen molar-refractivity contribution in [2.24, 2.45) is 0 Å². The number of halogens is 1. The first-order valence-electron chi connectivity index (χ1n) is 10.3. The van der Waals surface area contributed by atoms with Crippen LogP contribution in [0.15, 0.2) is 60.7 Å². The molecule has 1 aromatic rings. The van der Waals surface area contributed by atoms with Crippen molar-refractivity contribution in [3.05, 3.63) is 83.2 Å². The summed E-state index contributed by atoms with van der Waals surface area (Å²) in [4.78, 5) is 0. The second-order valence-electron chi connectivity index (χ2n) is 8.68. The lowest BCUT2D eigenvalue weighted by atomic mass is 9.77. The molecule has 3 aliphatic rings. The van der Waals surface area contributed by atoms with Crippen LogP contribution in [0.25, 0.3) is 11.1 Å². The quantitative estimate of drug-likeness (QED) is 0.515. The lowest BCUT2D eigenvalue weighted by molar-refractivity contribution is -0.231. The van der Waals surface area contributed by atoms with E-state index in [0.717, 1.165) is 16.7 Å². The average Bonchev–Trinajstić information content (AvgIpc) is 3.04. The summed E-state index contributed by atoms with van der Waals surface area (Å²) in [5.74, 6) is -0.394. The van der Waals surface area contributed by atoms with Gasteiger partial charge in [0.05, 0.1) is 6.61 Å². The third-order valence-electron chi connectivity index (χ3n) is 6.34. The maximum atomic E-state index is 15.0. The molecule has 0 bridgehead atoms. The summed E-state index contributed by atoms with van der Waals surface area (Å²) < 4.78 is 20.6. The van der Waals surface area contributed by atoms with Crippen LogP contribution in [0.1, 0.15) is 36.6 Å². The second kappa shape index (κ2) is 8.30. The molecule has 0 spiro atoms. The van der Waals surface area contributed by atoms with Crippen LogP contribution in [0.3, 0.4) is 0 Å². The van der Waals surface area contributed by atoms with E-state index < -0.39 is 48.4 Å². The first kappa shape index (κ1) is 21.9. The summed E-state index contributed by atoms with van der Waals surface area (Å²) in [6.45, 7) is 3.34. The van der Waals surface area contributed by atoms with Gasteiger partial charge in [-0.15, -0.1) is 0 Å². The standard InChI is InChI=1S/C25H27FO5/c1-25(2,17-10-14-6-4-3-5-7-15(14)11-17)18-12-16(8-9-19(18)26)24-23(30)22(29)21(28)20(13-27)31-24/h3-12,20-24,27-30H,13H2,1-2H3/t20-,21-,22+,23-,24+/m1/s1. The third-order valence-corrected chi connectivity index (χ3v) is 6.34. The van der Waals surface area contributed by atoms with Crippen LogP contribution in [0, 0.1) is 5.82 Å². The van der Waals surface area contributed by atoms with Crippen molar-refractivity contribution in [1.29, 1.82) is 0 Å². The first-order chi connectivity index (χ1) is 14.7. The van der Waals surface area contributed by atoms with Gasteiger partial charge in [-0.25, -0.2) is 4.39 Å². The molecule has 1 aliphatic heterocycles. The van der Waals surface area contributed by atoms with E-state index in [2.05, 4.69) is 0 Å². The Bertz CT molecular complexity index is 1000. The van der Waals surface area contributed by atoms with Crippen molar-refractivity contribution >= 4 is 0 Å². The van der Waals surface area contributed by atoms with E-state index in [-0.39, 0.29) is 0 Å². The largest absolute Gasteiger partial charge is 0.394 e. The van der Waals surface area contributed by atoms with Crippen molar-refractivity contribution in [2.45, 2.75) is 49.8 Å². The summed E-state index contributed by atoms with van der Waals surface area (Å²) in [5.41, 5.74) is 3.24. The first-order valence-corrected chi connectivity index (χ1v) is 10.3. The Kier molecular flexibility index (Phi) is 5.85. The normalized spacial score (nSPS) is 26.9. The van der Waals surface area contributed by atoms with Crippen LogP contribution in [-0.4, -0.2) is 51.4 Å². The minimum Gasteiger partial charge on any atom is -0.394 e. The highest BCUT2D eigenvalue weighted by molar-refractivity contribution is 5.69. The molecule has 5 nitrogen and oxygen atoms in total. The van der Waals surface area contributed by atoms with Crippen molar-refractivity contribution < 1.29 is 29.6 Å². The zero-order valence-electron chi connectivity index (χ0n) is 17.4. The number of rotatable bonds is 4. The summed E-state index contributed by atoms with van der Waals surface area (Å²) in [7, 11) is 0. The SMILES string of the molecule is CC(C)(c1cc2cccccc-2c1)c1cc([C@@H]2O[C@H](CO)[C@@H](O)[C@H](O)[C@H]2O)ccc1F. The lowest BCUT2D eigenvalue weighted by Gasteiger charge is -2.40. The van der Waals surface area contributed by atoms with E-state index in [9.17, 15) is 24.8 Å². The van der Waals surface area contributed by atoms with E-state index in [0.29, 0.717) is 11.1 Å². The predicted octanol–water partition coefficient (Wildman–Crippen LogP) is 2.77. The average molecular weight is 426 g/mol. The van der Waals surface area contributed by atoms with Gasteiger partial charge in [0.25, 0.3) is 0 Å². The van der Waals surface area contributed by atoms with Gasteiger partial charge in [-0.05, 0) is 39.9 Å². The maximum absolute atomic E-state index is 15.0. The molecule has 0 radical (unpaired) electrons. The minimum absolute atomic E-state index is 0.394. The van der Waals surface area contributed by atoms with E-state index in [1.54, 1.807) is 6.07 Å². The molecule has 4 rings (SSSR count). The zero-order valence-corrected chi connectivity index (χ0v) is 17.4. The number of aliphatic hydroxyl groups excluding tert-OH is 4. The fourth-order valence-corrected chi connectivity index (χ4v) is 4.31. The molecule has 0 saturated carbocycles. The summed E-state index contributed by atoms with van der Waals surface area (Å²) in [5, 5.41) is 40.1. The fourth-order valence-electron chi connectivity index (χ4n) is 4.31. The molecule has 6 heteroatoms. The van der Waals surface area contributed by atoms with Crippen LogP contribution in [0.4, 0.5) is 4.39 Å². The van der Waals surface area contributed by atoms with Gasteiger partial charge >= 0.3 is 0 Å². The Hall–Kier alpha value is -2.35. The zero-order chi connectivity index (χ0) is 22.3. The van der Waals surface area contributed by atoms with E-state index in [1.165, 1.54) is 12.1 Å². The maximum Gasteiger partial charge on any atom is 0.127 e. The van der Waals surface area contributed by atoms with Gasteiger partial charge in [-0.1, -0.05) is 62.4 Å². The summed E-state index contributed by atoms with van der Waals surface area (Å²) >= 11 is 0. The van der Waals surface area contributed by atoms with E-state index >= 15 is 0 Å². The highest BCUT2D eigenvalue weighted by Crippen LogP contribution is 2.40. The van der Waals surface area contributed by atoms with Gasteiger partial charge in [-0.2, -0.15) is 0 Å². The monoisotopic (exact) mass is 426 g/mol. The van der Waals surface area contributed by atoms with Gasteiger partial charge in [0.15, 0.2) is 0 Å². The van der Waals surface area contributed by atoms with Gasteiger partial charge in [-0.3, -0.25) is 0 Å². The van der Waals surface area contributed by atoms with Gasteiger partial charge in [0.2, 0.25) is 0 Å². The van der Waals surface area contributed by atoms with Crippen LogP contribution < -0.4 is 0 Å². The highest BCUT2D eigenvalue weighted by Gasteiger charge is 2.44. The van der Waals surface area contributed by atoms with Crippen LogP contribution in [0.5, 0.6) is 0 Å². The van der Waals surface area contributed by atoms with Crippen molar-refractivity contribution in [1.82, 2.24) is 0 Å². The lowest BCUT2D eigenvalue weighted by Crippen LogP contribution is -2.55. The number of aliphatic hydroxyl groups is 4. The van der Waals surface area contributed by atoms with E-state index in [1.807, 2.05) is 56.3 Å². The van der Waals surface area contributed by atoms with Crippen molar-refractivity contribution in [2.75, 3.05) is 6.61 Å². The molecular formula is C25H27FO5. The molecule has 1 fully saturated rings. The summed E-state index contributed by atoms with van der Waals surface area (Å²) in [6, 6.07) is 18.4. The number of ether oxygens (including phenoxy) is 1. The molecule has 0 unspecified atom stereocenters. The Morgan fingerprint density at radius 1 is 0.871 bits per heavy atom. The van der Waals surface area contributed by atoms with Crippen molar-refractivity contribution in [3.8, 4) is 11.1 Å². The predicted molar refractivity (Wildman–Crippen MR) is 114 cm³/mol. The van der Waals surface area contributed by atoms with Crippen LogP contribution in [-0.2, 0) is 10.2 Å². The molecule has 0 amide bonds. The Labute approximate surface area is 180 Å². The van der Waals surface area contributed by atoms with E-state index in [4.69, 9.17) is 4.74 Å². The molecule has 31 heavy (non-hydrogen) atoms. The van der Waals surface area contributed by atoms with Crippen LogP contribution >= 0.6 is 0 Å². The molecule has 1 heterocycles. The number of hydrogen-bond acceptors (Lipinski definition) is 5. The molecule has 1 aromatic carbocycles. The Balaban J connectivity index is 1.74. The van der Waals surface area contributed by atoms with Gasteiger partial charge in [0.1, 0.15) is 36.3 Å². The molecule has 2 aliphatic carbocycles. The third kappa shape index (κ3) is 3.86. The Morgan fingerprint density at radius 3 is 2.13 bits per heavy atom. The molecule has 5 atom stereocenters. The highest BCUT2D eigenvalue weighted by atomic mass is 19.1. The molecular weight excluding hydrogens is 399 g/mol. The smallest absolute Gasteiger partial charge is 0.127 e. The fraction of sp³-hybridized carbons (Fsp3) is 0.360. The molecule has 164 valence electrons. The molecule has 1 saturated heterocycles. The number of benzene rings is 1. The topological polar surface area (TPSA) is 90.2 Å². The number of hydrogen-bond donors (Lipinski definition) is 4. The molecule has 0 aromatic heterocycles. The minimum atomic E-state index is -1.49. The molecule has 4 N–H and O–H groups in total. The Morgan fingerprint density at radius 2 is 1.52 bits per heavy atom. The summed E-state index contributed by atoms with van der Waals surface area (Å²) in [6.07, 6.45) is -6.38. The van der Waals surface area contributed by atoms with Gasteiger partial charge in [0, 0.05) is 5.41 Å². The number of fused-ring (bicyclic) bond motifs is 1.